The summed E-state index contributed by atoms with van der Waals surface area (Å²) in [6, 6.07) is 22.9. The molecule has 2 N–H and O–H groups in total. The van der Waals surface area contributed by atoms with Crippen molar-refractivity contribution in [2.24, 2.45) is 0 Å². The molecule has 4 aromatic rings. The summed E-state index contributed by atoms with van der Waals surface area (Å²) in [5, 5.41) is 15.5. The Balaban J connectivity index is 1.51. The van der Waals surface area contributed by atoms with Gasteiger partial charge in [0.1, 0.15) is 11.0 Å². The number of nitrogens with zero attached hydrogens (tertiary/aromatic N) is 2. The summed E-state index contributed by atoms with van der Waals surface area (Å²) in [7, 11) is 0. The van der Waals surface area contributed by atoms with Crippen molar-refractivity contribution in [3.05, 3.63) is 99.5 Å². The molecule has 6 nitrogen and oxygen atoms in total. The van der Waals surface area contributed by atoms with E-state index in [0.717, 1.165) is 15.6 Å². The van der Waals surface area contributed by atoms with Crippen molar-refractivity contribution in [2.75, 3.05) is 5.32 Å². The summed E-state index contributed by atoms with van der Waals surface area (Å²) in [4.78, 5) is 26.0. The molecule has 0 spiro atoms. The number of carbonyl (C=O) groups excluding carboxylic acids is 2. The van der Waals surface area contributed by atoms with Gasteiger partial charge in [-0.3, -0.25) is 14.9 Å². The first-order chi connectivity index (χ1) is 16.0. The van der Waals surface area contributed by atoms with Crippen LogP contribution in [0.1, 0.15) is 15.9 Å². The Bertz CT molecular complexity index is 1260. The molecule has 0 aliphatic heterocycles. The Labute approximate surface area is 208 Å². The van der Waals surface area contributed by atoms with Crippen molar-refractivity contribution in [1.29, 1.82) is 0 Å². The number of aromatic nitrogens is 2. The molecule has 3 aromatic carbocycles. The van der Waals surface area contributed by atoms with E-state index in [0.29, 0.717) is 27.1 Å². The Morgan fingerprint density at radius 2 is 1.73 bits per heavy atom. The Morgan fingerprint density at radius 1 is 0.970 bits per heavy atom. The average molecular weight is 542 g/mol. The first-order valence-electron chi connectivity index (χ1n) is 9.98. The fourth-order valence-corrected chi connectivity index (χ4v) is 4.38. The van der Waals surface area contributed by atoms with Gasteiger partial charge in [0.05, 0.1) is 0 Å². The normalized spacial score (nSPS) is 11.6. The van der Waals surface area contributed by atoms with E-state index in [1.807, 2.05) is 48.5 Å². The van der Waals surface area contributed by atoms with Gasteiger partial charge in [0.2, 0.25) is 11.0 Å². The molecule has 2 amide bonds. The van der Waals surface area contributed by atoms with Crippen LogP contribution in [-0.4, -0.2) is 28.1 Å². The van der Waals surface area contributed by atoms with E-state index in [9.17, 15) is 9.59 Å². The fourth-order valence-electron chi connectivity index (χ4n) is 3.11. The fraction of sp³-hybridized carbons (Fsp3) is 0.0833. The van der Waals surface area contributed by atoms with Gasteiger partial charge in [0.15, 0.2) is 0 Å². The minimum atomic E-state index is -0.804. The highest BCUT2D eigenvalue weighted by atomic mass is 79.9. The van der Waals surface area contributed by atoms with Gasteiger partial charge in [0, 0.05) is 27.0 Å². The minimum absolute atomic E-state index is 0.329. The second-order valence-electron chi connectivity index (χ2n) is 7.13. The monoisotopic (exact) mass is 540 g/mol. The molecule has 1 aromatic heterocycles. The molecule has 4 rings (SSSR count). The van der Waals surface area contributed by atoms with Gasteiger partial charge in [-0.2, -0.15) is 0 Å². The van der Waals surface area contributed by atoms with Crippen LogP contribution < -0.4 is 10.6 Å². The number of anilines is 1. The zero-order valence-corrected chi connectivity index (χ0v) is 20.3. The summed E-state index contributed by atoms with van der Waals surface area (Å²) >= 11 is 10.6. The molecular formula is C24H18BrClN4O2S. The quantitative estimate of drug-likeness (QED) is 0.319. The molecule has 0 fully saturated rings. The summed E-state index contributed by atoms with van der Waals surface area (Å²) in [5.74, 6) is -0.715. The maximum atomic E-state index is 13.1. The smallest absolute Gasteiger partial charge is 0.251 e. The van der Waals surface area contributed by atoms with Gasteiger partial charge in [-0.1, -0.05) is 87.4 Å². The van der Waals surface area contributed by atoms with E-state index in [2.05, 4.69) is 36.8 Å². The minimum Gasteiger partial charge on any atom is -0.340 e. The van der Waals surface area contributed by atoms with E-state index in [4.69, 9.17) is 11.6 Å². The molecule has 1 unspecified atom stereocenters. The number of rotatable bonds is 7. The molecule has 9 heteroatoms. The number of carbonyl (C=O) groups is 2. The van der Waals surface area contributed by atoms with Crippen molar-refractivity contribution in [2.45, 2.75) is 12.5 Å². The third-order valence-electron chi connectivity index (χ3n) is 4.74. The van der Waals surface area contributed by atoms with Gasteiger partial charge in [-0.15, -0.1) is 10.2 Å². The Kier molecular flexibility index (Phi) is 7.49. The summed E-state index contributed by atoms with van der Waals surface area (Å²) in [6.07, 6.45) is 0.329. The zero-order valence-electron chi connectivity index (χ0n) is 17.2. The number of hydrogen-bond acceptors (Lipinski definition) is 5. The van der Waals surface area contributed by atoms with Crippen LogP contribution in [0.2, 0.25) is 5.02 Å². The van der Waals surface area contributed by atoms with Gasteiger partial charge < -0.3 is 5.32 Å². The van der Waals surface area contributed by atoms with Crippen molar-refractivity contribution >= 4 is 55.8 Å². The molecule has 0 aliphatic carbocycles. The van der Waals surface area contributed by atoms with Crippen LogP contribution in [-0.2, 0) is 11.2 Å². The largest absolute Gasteiger partial charge is 0.340 e. The lowest BCUT2D eigenvalue weighted by Gasteiger charge is -2.18. The predicted molar refractivity (Wildman–Crippen MR) is 135 cm³/mol. The van der Waals surface area contributed by atoms with Crippen LogP contribution in [0, 0.1) is 0 Å². The van der Waals surface area contributed by atoms with Crippen LogP contribution in [0.5, 0.6) is 0 Å². The lowest BCUT2D eigenvalue weighted by Crippen LogP contribution is -2.45. The van der Waals surface area contributed by atoms with Crippen molar-refractivity contribution in [1.82, 2.24) is 15.5 Å². The second kappa shape index (κ2) is 10.7. The molecule has 0 saturated carbocycles. The lowest BCUT2D eigenvalue weighted by molar-refractivity contribution is -0.118. The van der Waals surface area contributed by atoms with Gasteiger partial charge in [-0.05, 0) is 35.9 Å². The Morgan fingerprint density at radius 3 is 2.45 bits per heavy atom. The standard InChI is InChI=1S/C24H18BrClN4O2S/c25-18-8-4-7-17(14-18)21(31)27-20(13-15-5-2-1-3-6-15)22(32)28-24-30-29-23(33-24)16-9-11-19(26)12-10-16/h1-12,14,20H,13H2,(H,27,31)(H,28,30,32). The maximum Gasteiger partial charge on any atom is 0.251 e. The number of hydrogen-bond donors (Lipinski definition) is 2. The maximum absolute atomic E-state index is 13.1. The SMILES string of the molecule is O=C(NC(Cc1ccccc1)C(=O)Nc1nnc(-c2ccc(Cl)cc2)s1)c1cccc(Br)c1. The van der Waals surface area contributed by atoms with E-state index in [1.165, 1.54) is 11.3 Å². The van der Waals surface area contributed by atoms with Crippen LogP contribution >= 0.6 is 38.9 Å². The number of nitrogens with one attached hydrogen (secondary N) is 2. The van der Waals surface area contributed by atoms with Crippen molar-refractivity contribution in [3.8, 4) is 10.6 Å². The van der Waals surface area contributed by atoms with Gasteiger partial charge in [-0.25, -0.2) is 0 Å². The Hall–Kier alpha value is -3.07. The molecule has 1 heterocycles. The number of halogens is 2. The van der Waals surface area contributed by atoms with Gasteiger partial charge in [0.25, 0.3) is 5.91 Å². The topological polar surface area (TPSA) is 84.0 Å². The van der Waals surface area contributed by atoms with Crippen molar-refractivity contribution < 1.29 is 9.59 Å². The van der Waals surface area contributed by atoms with E-state index in [-0.39, 0.29) is 11.8 Å². The zero-order chi connectivity index (χ0) is 23.2. The molecule has 166 valence electrons. The molecule has 0 saturated heterocycles. The first-order valence-corrected chi connectivity index (χ1v) is 12.0. The van der Waals surface area contributed by atoms with E-state index >= 15 is 0 Å². The summed E-state index contributed by atoms with van der Waals surface area (Å²) in [5.41, 5.74) is 2.23. The number of amides is 2. The van der Waals surface area contributed by atoms with Crippen molar-refractivity contribution in [3.63, 3.8) is 0 Å². The molecule has 0 aliphatic rings. The van der Waals surface area contributed by atoms with Gasteiger partial charge >= 0.3 is 0 Å². The van der Waals surface area contributed by atoms with E-state index in [1.54, 1.807) is 30.3 Å². The molecular weight excluding hydrogens is 524 g/mol. The average Bonchev–Trinajstić information content (AvgIpc) is 3.28. The third-order valence-corrected chi connectivity index (χ3v) is 6.37. The highest BCUT2D eigenvalue weighted by Crippen LogP contribution is 2.27. The predicted octanol–water partition coefficient (Wildman–Crippen LogP) is 5.60. The van der Waals surface area contributed by atoms with Crippen LogP contribution in [0.4, 0.5) is 5.13 Å². The molecule has 1 atom stereocenters. The molecule has 0 radical (unpaired) electrons. The summed E-state index contributed by atoms with van der Waals surface area (Å²) in [6.45, 7) is 0. The first kappa shape index (κ1) is 23.1. The van der Waals surface area contributed by atoms with Crippen LogP contribution in [0.3, 0.4) is 0 Å². The van der Waals surface area contributed by atoms with Crippen LogP contribution in [0.15, 0.2) is 83.3 Å². The third kappa shape index (κ3) is 6.25. The molecule has 0 bridgehead atoms. The molecule has 33 heavy (non-hydrogen) atoms. The number of benzene rings is 3. The summed E-state index contributed by atoms with van der Waals surface area (Å²) < 4.78 is 0.780. The highest BCUT2D eigenvalue weighted by molar-refractivity contribution is 9.10. The van der Waals surface area contributed by atoms with E-state index < -0.39 is 6.04 Å². The highest BCUT2D eigenvalue weighted by Gasteiger charge is 2.23. The second-order valence-corrected chi connectivity index (χ2v) is 9.46. The lowest BCUT2D eigenvalue weighted by atomic mass is 10.0. The van der Waals surface area contributed by atoms with Crippen LogP contribution in [0.25, 0.3) is 10.6 Å².